The number of nitrogens with one attached hydrogen (secondary N) is 4. The second-order valence-corrected chi connectivity index (χ2v) is 7.65. The molecule has 4 N–H and O–H groups in total. The lowest BCUT2D eigenvalue weighted by atomic mass is 9.97. The van der Waals surface area contributed by atoms with E-state index in [9.17, 15) is 5.26 Å². The van der Waals surface area contributed by atoms with E-state index in [4.69, 9.17) is 16.2 Å². The van der Waals surface area contributed by atoms with Crippen LogP contribution in [0.4, 0.5) is 0 Å². The number of aromatic nitrogens is 2. The SMILES string of the molecule is CC(=N)n1ccc(-c2nc(C#N)ccc2/C(C=N)=C/NCC(C)(C)C)cc1=N. The fourth-order valence-electron chi connectivity index (χ4n) is 2.58. The van der Waals surface area contributed by atoms with Crippen LogP contribution in [0.3, 0.4) is 0 Å². The summed E-state index contributed by atoms with van der Waals surface area (Å²) < 4.78 is 1.44. The second-order valence-electron chi connectivity index (χ2n) is 7.65. The highest BCUT2D eigenvalue weighted by Crippen LogP contribution is 2.26. The highest BCUT2D eigenvalue weighted by Gasteiger charge is 2.13. The predicted octanol–water partition coefficient (Wildman–Crippen LogP) is 3.37. The number of allylic oxidation sites excluding steroid dienone is 1. The third-order valence-electron chi connectivity index (χ3n) is 3.96. The Labute approximate surface area is 164 Å². The Kier molecular flexibility index (Phi) is 6.26. The second kappa shape index (κ2) is 8.44. The van der Waals surface area contributed by atoms with Gasteiger partial charge in [0.05, 0.1) is 5.69 Å². The molecule has 0 spiro atoms. The third-order valence-corrected chi connectivity index (χ3v) is 3.96. The number of hydrogen-bond acceptors (Lipinski definition) is 6. The summed E-state index contributed by atoms with van der Waals surface area (Å²) in [5.74, 6) is 0.238. The molecule has 0 unspecified atom stereocenters. The van der Waals surface area contributed by atoms with Crippen LogP contribution in [0, 0.1) is 33.0 Å². The summed E-state index contributed by atoms with van der Waals surface area (Å²) >= 11 is 0. The molecule has 0 aliphatic heterocycles. The first-order valence-corrected chi connectivity index (χ1v) is 8.85. The van der Waals surface area contributed by atoms with Crippen molar-refractivity contribution >= 4 is 17.6 Å². The lowest BCUT2D eigenvalue weighted by Crippen LogP contribution is -2.23. The van der Waals surface area contributed by atoms with Crippen molar-refractivity contribution < 1.29 is 0 Å². The minimum absolute atomic E-state index is 0.0905. The molecule has 0 bridgehead atoms. The van der Waals surface area contributed by atoms with Crippen LogP contribution in [0.25, 0.3) is 16.8 Å². The van der Waals surface area contributed by atoms with Gasteiger partial charge in [-0.2, -0.15) is 5.26 Å². The molecule has 144 valence electrons. The van der Waals surface area contributed by atoms with Crippen LogP contribution in [0.2, 0.25) is 0 Å². The number of pyridine rings is 2. The van der Waals surface area contributed by atoms with E-state index in [0.29, 0.717) is 22.4 Å². The lowest BCUT2D eigenvalue weighted by Gasteiger charge is -2.18. The van der Waals surface area contributed by atoms with Crippen LogP contribution in [0.5, 0.6) is 0 Å². The van der Waals surface area contributed by atoms with Crippen LogP contribution in [-0.2, 0) is 0 Å². The van der Waals surface area contributed by atoms with Crippen molar-refractivity contribution in [2.24, 2.45) is 5.41 Å². The molecule has 2 heterocycles. The summed E-state index contributed by atoms with van der Waals surface area (Å²) in [7, 11) is 0. The molecule has 2 aromatic heterocycles. The fraction of sp³-hybridized carbons (Fsp3) is 0.286. The maximum Gasteiger partial charge on any atom is 0.141 e. The summed E-state index contributed by atoms with van der Waals surface area (Å²) in [5, 5.41) is 36.2. The first-order chi connectivity index (χ1) is 13.2. The highest BCUT2D eigenvalue weighted by molar-refractivity contribution is 6.10. The Morgan fingerprint density at radius 1 is 1.32 bits per heavy atom. The largest absolute Gasteiger partial charge is 0.390 e. The zero-order valence-corrected chi connectivity index (χ0v) is 16.6. The molecule has 28 heavy (non-hydrogen) atoms. The predicted molar refractivity (Wildman–Crippen MR) is 111 cm³/mol. The van der Waals surface area contributed by atoms with Gasteiger partial charge in [-0.3, -0.25) is 15.4 Å². The summed E-state index contributed by atoms with van der Waals surface area (Å²) in [6.45, 7) is 8.70. The Balaban J connectivity index is 2.58. The molecule has 0 saturated carbocycles. The van der Waals surface area contributed by atoms with Crippen molar-refractivity contribution in [3.63, 3.8) is 0 Å². The van der Waals surface area contributed by atoms with Crippen molar-refractivity contribution in [2.45, 2.75) is 27.7 Å². The Hall–Kier alpha value is -3.53. The van der Waals surface area contributed by atoms with Gasteiger partial charge in [-0.15, -0.1) is 0 Å². The van der Waals surface area contributed by atoms with Crippen LogP contribution < -0.4 is 10.8 Å². The lowest BCUT2D eigenvalue weighted by molar-refractivity contribution is 0.403. The maximum atomic E-state index is 9.24. The zero-order valence-electron chi connectivity index (χ0n) is 16.6. The molecule has 0 amide bonds. The van der Waals surface area contributed by atoms with E-state index in [1.165, 1.54) is 10.8 Å². The fourth-order valence-corrected chi connectivity index (χ4v) is 2.58. The van der Waals surface area contributed by atoms with E-state index in [2.05, 4.69) is 31.1 Å². The van der Waals surface area contributed by atoms with Crippen LogP contribution in [0.1, 0.15) is 39.0 Å². The van der Waals surface area contributed by atoms with Gasteiger partial charge < -0.3 is 10.7 Å². The zero-order chi connectivity index (χ0) is 20.9. The Morgan fingerprint density at radius 3 is 2.57 bits per heavy atom. The highest BCUT2D eigenvalue weighted by atomic mass is 15.0. The van der Waals surface area contributed by atoms with Crippen molar-refractivity contribution in [3.05, 3.63) is 53.4 Å². The van der Waals surface area contributed by atoms with E-state index in [-0.39, 0.29) is 22.4 Å². The topological polar surface area (TPSA) is 125 Å². The van der Waals surface area contributed by atoms with Gasteiger partial charge in [0.1, 0.15) is 23.1 Å². The molecule has 0 fully saturated rings. The smallest absolute Gasteiger partial charge is 0.141 e. The molecule has 7 nitrogen and oxygen atoms in total. The van der Waals surface area contributed by atoms with Gasteiger partial charge in [-0.05, 0) is 36.6 Å². The molecule has 0 aliphatic rings. The van der Waals surface area contributed by atoms with E-state index in [1.807, 2.05) is 6.07 Å². The van der Waals surface area contributed by atoms with Crippen molar-refractivity contribution in [3.8, 4) is 17.3 Å². The van der Waals surface area contributed by atoms with Gasteiger partial charge in [0.2, 0.25) is 0 Å². The van der Waals surface area contributed by atoms with E-state index in [1.54, 1.807) is 43.6 Å². The molecule has 0 aliphatic carbocycles. The molecule has 2 rings (SSSR count). The number of rotatable bonds is 5. The first kappa shape index (κ1) is 20.8. The van der Waals surface area contributed by atoms with Crippen LogP contribution in [-0.4, -0.2) is 28.1 Å². The van der Waals surface area contributed by atoms with Gasteiger partial charge >= 0.3 is 0 Å². The molecule has 7 heteroatoms. The van der Waals surface area contributed by atoms with Gasteiger partial charge in [-0.1, -0.05) is 20.8 Å². The maximum absolute atomic E-state index is 9.24. The van der Waals surface area contributed by atoms with Gasteiger partial charge in [-0.25, -0.2) is 4.98 Å². The standard InChI is InChI=1S/C21H25N7/c1-14(24)28-8-7-15(9-19(28)25)20-18(6-5-17(11-23)27-20)16(10-22)12-26-13-21(2,3)4/h5-10,12,22,24-26H,13H2,1-4H3/b16-12+,22-10?,24-14?,25-19?. The van der Waals surface area contributed by atoms with Crippen LogP contribution >= 0.6 is 0 Å². The summed E-state index contributed by atoms with van der Waals surface area (Å²) in [5.41, 5.74) is 2.99. The summed E-state index contributed by atoms with van der Waals surface area (Å²) in [6.07, 6.45) is 4.65. The first-order valence-electron chi connectivity index (χ1n) is 8.85. The van der Waals surface area contributed by atoms with E-state index < -0.39 is 0 Å². The quantitative estimate of drug-likeness (QED) is 0.473. The van der Waals surface area contributed by atoms with Crippen molar-refractivity contribution in [1.82, 2.24) is 14.9 Å². The molecule has 2 aromatic rings. The molecule has 0 saturated heterocycles. The van der Waals surface area contributed by atoms with E-state index in [0.717, 1.165) is 6.54 Å². The van der Waals surface area contributed by atoms with Crippen molar-refractivity contribution in [1.29, 1.82) is 21.5 Å². The molecular weight excluding hydrogens is 350 g/mol. The summed E-state index contributed by atoms with van der Waals surface area (Å²) in [6, 6.07) is 8.79. The third kappa shape index (κ3) is 5.01. The molecule has 0 radical (unpaired) electrons. The average Bonchev–Trinajstić information content (AvgIpc) is 2.63. The summed E-state index contributed by atoms with van der Waals surface area (Å²) in [4.78, 5) is 4.42. The number of hydrogen-bond donors (Lipinski definition) is 4. The van der Waals surface area contributed by atoms with E-state index >= 15 is 0 Å². The average molecular weight is 375 g/mol. The van der Waals surface area contributed by atoms with Gasteiger partial charge in [0, 0.05) is 41.9 Å². The molecule has 0 atom stereocenters. The minimum atomic E-state index is 0.0905. The Morgan fingerprint density at radius 2 is 2.04 bits per heavy atom. The monoisotopic (exact) mass is 375 g/mol. The minimum Gasteiger partial charge on any atom is -0.390 e. The normalized spacial score (nSPS) is 11.6. The number of nitrogens with zero attached hydrogens (tertiary/aromatic N) is 3. The van der Waals surface area contributed by atoms with Crippen molar-refractivity contribution in [2.75, 3.05) is 6.54 Å². The van der Waals surface area contributed by atoms with Gasteiger partial charge in [0.15, 0.2) is 0 Å². The number of nitriles is 1. The molecular formula is C21H25N7. The Bertz CT molecular complexity index is 1030. The molecule has 0 aromatic carbocycles. The van der Waals surface area contributed by atoms with Gasteiger partial charge in [0.25, 0.3) is 0 Å². The van der Waals surface area contributed by atoms with Crippen LogP contribution in [0.15, 0.2) is 36.7 Å².